The van der Waals surface area contributed by atoms with Gasteiger partial charge in [-0.15, -0.1) is 0 Å². The average Bonchev–Trinajstić information content (AvgIpc) is 3.07. The summed E-state index contributed by atoms with van der Waals surface area (Å²) in [5, 5.41) is 11.0. The van der Waals surface area contributed by atoms with Gasteiger partial charge in [-0.25, -0.2) is 8.42 Å². The molecule has 6 nitrogen and oxygen atoms in total. The zero-order valence-corrected chi connectivity index (χ0v) is 17.4. The fourth-order valence-electron chi connectivity index (χ4n) is 3.16. The normalized spacial score (nSPS) is 13.0. The van der Waals surface area contributed by atoms with E-state index in [4.69, 9.17) is 4.42 Å². The van der Waals surface area contributed by atoms with E-state index in [0.717, 1.165) is 9.86 Å². The summed E-state index contributed by atoms with van der Waals surface area (Å²) in [4.78, 5) is 11.7. The molecule has 3 aromatic carbocycles. The number of para-hydroxylation sites is 1. The molecule has 1 aromatic heterocycles. The van der Waals surface area contributed by atoms with E-state index in [9.17, 15) is 18.3 Å². The number of sulfonamides is 1. The maximum absolute atomic E-state index is 12.9. The summed E-state index contributed by atoms with van der Waals surface area (Å²) in [7, 11) is -4.05. The van der Waals surface area contributed by atoms with Gasteiger partial charge in [0.25, 0.3) is 0 Å². The van der Waals surface area contributed by atoms with Gasteiger partial charge >= 0.3 is 5.97 Å². The number of halogens is 1. The van der Waals surface area contributed by atoms with Crippen molar-refractivity contribution in [3.8, 4) is 0 Å². The second-order valence-corrected chi connectivity index (χ2v) is 9.23. The number of carboxylic acid groups (broad SMARTS) is 1. The van der Waals surface area contributed by atoms with Gasteiger partial charge in [-0.2, -0.15) is 4.72 Å². The van der Waals surface area contributed by atoms with E-state index >= 15 is 0 Å². The van der Waals surface area contributed by atoms with Gasteiger partial charge in [0.05, 0.1) is 4.90 Å². The second kappa shape index (κ2) is 7.62. The van der Waals surface area contributed by atoms with Crippen molar-refractivity contribution in [2.45, 2.75) is 17.4 Å². The molecule has 0 radical (unpaired) electrons. The Morgan fingerprint density at radius 3 is 2.41 bits per heavy atom. The van der Waals surface area contributed by atoms with Gasteiger partial charge in [0, 0.05) is 15.2 Å². The number of hydrogen-bond donors (Lipinski definition) is 2. The molecule has 1 heterocycles. The zero-order valence-electron chi connectivity index (χ0n) is 15.0. The van der Waals surface area contributed by atoms with Crippen LogP contribution in [0.1, 0.15) is 5.56 Å². The number of aliphatic carboxylic acids is 1. The molecule has 0 saturated carbocycles. The van der Waals surface area contributed by atoms with E-state index in [1.807, 2.05) is 18.2 Å². The van der Waals surface area contributed by atoms with Crippen molar-refractivity contribution < 1.29 is 22.7 Å². The van der Waals surface area contributed by atoms with Crippen LogP contribution in [-0.4, -0.2) is 25.5 Å². The Morgan fingerprint density at radius 2 is 1.69 bits per heavy atom. The van der Waals surface area contributed by atoms with Crippen LogP contribution in [0.5, 0.6) is 0 Å². The van der Waals surface area contributed by atoms with E-state index in [2.05, 4.69) is 20.7 Å². The summed E-state index contributed by atoms with van der Waals surface area (Å²) in [5.74, 6) is -1.24. The third kappa shape index (κ3) is 4.05. The Hall–Kier alpha value is -2.68. The van der Waals surface area contributed by atoms with Crippen LogP contribution in [0.3, 0.4) is 0 Å². The third-order valence-electron chi connectivity index (χ3n) is 4.61. The van der Waals surface area contributed by atoms with Crippen molar-refractivity contribution in [3.63, 3.8) is 0 Å². The summed E-state index contributed by atoms with van der Waals surface area (Å²) in [5.41, 5.74) is 1.93. The SMILES string of the molecule is O=C(O)C(Cc1ccc(Br)cc1)NS(=O)(=O)c1ccc2oc3ccccc3c2c1. The predicted molar refractivity (Wildman–Crippen MR) is 113 cm³/mol. The minimum atomic E-state index is -4.05. The first-order chi connectivity index (χ1) is 13.8. The Morgan fingerprint density at radius 1 is 1.00 bits per heavy atom. The number of nitrogens with one attached hydrogen (secondary N) is 1. The molecule has 0 aliphatic rings. The standard InChI is InChI=1S/C21H16BrNO5S/c22-14-7-5-13(6-8-14)11-18(21(24)25)23-29(26,27)15-9-10-20-17(12-15)16-3-1-2-4-19(16)28-20/h1-10,12,18,23H,11H2,(H,24,25). The molecule has 0 fully saturated rings. The van der Waals surface area contributed by atoms with Crippen LogP contribution in [0.25, 0.3) is 21.9 Å². The summed E-state index contributed by atoms with van der Waals surface area (Å²) in [6, 6.07) is 17.6. The van der Waals surface area contributed by atoms with Crippen molar-refractivity contribution in [1.29, 1.82) is 0 Å². The Balaban J connectivity index is 1.66. The highest BCUT2D eigenvalue weighted by Gasteiger charge is 2.26. The fraction of sp³-hybridized carbons (Fsp3) is 0.0952. The molecular formula is C21H16BrNO5S. The van der Waals surface area contributed by atoms with Crippen molar-refractivity contribution in [3.05, 3.63) is 76.8 Å². The maximum atomic E-state index is 12.9. The van der Waals surface area contributed by atoms with Crippen LogP contribution in [0.2, 0.25) is 0 Å². The largest absolute Gasteiger partial charge is 0.480 e. The highest BCUT2D eigenvalue weighted by atomic mass is 79.9. The number of carboxylic acids is 1. The van der Waals surface area contributed by atoms with Crippen molar-refractivity contribution in [1.82, 2.24) is 4.72 Å². The third-order valence-corrected chi connectivity index (χ3v) is 6.61. The van der Waals surface area contributed by atoms with E-state index in [1.54, 1.807) is 36.4 Å². The highest BCUT2D eigenvalue weighted by Crippen LogP contribution is 2.30. The second-order valence-electron chi connectivity index (χ2n) is 6.60. The molecule has 0 bridgehead atoms. The first-order valence-electron chi connectivity index (χ1n) is 8.74. The van der Waals surface area contributed by atoms with Crippen LogP contribution in [0.15, 0.2) is 80.5 Å². The van der Waals surface area contributed by atoms with E-state index in [-0.39, 0.29) is 11.3 Å². The van der Waals surface area contributed by atoms with Crippen LogP contribution in [0.4, 0.5) is 0 Å². The molecule has 8 heteroatoms. The van der Waals surface area contributed by atoms with Crippen molar-refractivity contribution in [2.24, 2.45) is 0 Å². The monoisotopic (exact) mass is 473 g/mol. The maximum Gasteiger partial charge on any atom is 0.322 e. The minimum Gasteiger partial charge on any atom is -0.480 e. The van der Waals surface area contributed by atoms with Gasteiger partial charge in [0.1, 0.15) is 17.2 Å². The zero-order chi connectivity index (χ0) is 20.6. The number of carbonyl (C=O) groups is 1. The lowest BCUT2D eigenvalue weighted by molar-refractivity contribution is -0.138. The Labute approximate surface area is 175 Å². The lowest BCUT2D eigenvalue weighted by Gasteiger charge is -2.15. The van der Waals surface area contributed by atoms with Gasteiger partial charge in [-0.1, -0.05) is 46.3 Å². The topological polar surface area (TPSA) is 96.6 Å². The molecule has 29 heavy (non-hydrogen) atoms. The number of benzene rings is 3. The molecule has 0 aliphatic heterocycles. The van der Waals surface area contributed by atoms with Crippen LogP contribution in [0, 0.1) is 0 Å². The average molecular weight is 474 g/mol. The molecule has 4 rings (SSSR count). The first-order valence-corrected chi connectivity index (χ1v) is 11.0. The smallest absolute Gasteiger partial charge is 0.322 e. The molecule has 0 spiro atoms. The quantitative estimate of drug-likeness (QED) is 0.434. The lowest BCUT2D eigenvalue weighted by atomic mass is 10.1. The molecule has 0 saturated heterocycles. The van der Waals surface area contributed by atoms with Gasteiger partial charge in [-0.3, -0.25) is 4.79 Å². The van der Waals surface area contributed by atoms with Gasteiger partial charge in [0.15, 0.2) is 0 Å². The first kappa shape index (κ1) is 19.6. The van der Waals surface area contributed by atoms with Crippen molar-refractivity contribution >= 4 is 53.9 Å². The van der Waals surface area contributed by atoms with Gasteiger partial charge < -0.3 is 9.52 Å². The molecule has 1 unspecified atom stereocenters. The lowest BCUT2D eigenvalue weighted by Crippen LogP contribution is -2.42. The fourth-order valence-corrected chi connectivity index (χ4v) is 4.64. The van der Waals surface area contributed by atoms with Gasteiger partial charge in [0.2, 0.25) is 10.0 Å². The molecule has 0 amide bonds. The van der Waals surface area contributed by atoms with Crippen LogP contribution >= 0.6 is 15.9 Å². The molecule has 0 aliphatic carbocycles. The number of furan rings is 1. The van der Waals surface area contributed by atoms with Crippen molar-refractivity contribution in [2.75, 3.05) is 0 Å². The summed E-state index contributed by atoms with van der Waals surface area (Å²) in [6.45, 7) is 0. The number of fused-ring (bicyclic) bond motifs is 3. The van der Waals surface area contributed by atoms with Crippen LogP contribution in [-0.2, 0) is 21.2 Å². The Bertz CT molecular complexity index is 1310. The molecule has 4 aromatic rings. The number of rotatable bonds is 6. The van der Waals surface area contributed by atoms with E-state index < -0.39 is 22.0 Å². The van der Waals surface area contributed by atoms with E-state index in [0.29, 0.717) is 22.1 Å². The Kier molecular flexibility index (Phi) is 5.16. The van der Waals surface area contributed by atoms with Crippen LogP contribution < -0.4 is 4.72 Å². The summed E-state index contributed by atoms with van der Waals surface area (Å²) >= 11 is 3.32. The van der Waals surface area contributed by atoms with E-state index in [1.165, 1.54) is 12.1 Å². The molecule has 2 N–H and O–H groups in total. The molecule has 148 valence electrons. The highest BCUT2D eigenvalue weighted by molar-refractivity contribution is 9.10. The molecule has 1 atom stereocenters. The van der Waals surface area contributed by atoms with Gasteiger partial charge in [-0.05, 0) is 48.4 Å². The number of hydrogen-bond acceptors (Lipinski definition) is 4. The summed E-state index contributed by atoms with van der Waals surface area (Å²) in [6.07, 6.45) is 0.0265. The predicted octanol–water partition coefficient (Wildman–Crippen LogP) is 4.32. The summed E-state index contributed by atoms with van der Waals surface area (Å²) < 4.78 is 34.6. The molecular weight excluding hydrogens is 458 g/mol. The minimum absolute atomic E-state index is 0.0152.